The van der Waals surface area contributed by atoms with Crippen molar-refractivity contribution < 1.29 is 18.4 Å². The highest BCUT2D eigenvalue weighted by Gasteiger charge is 2.29. The first-order valence-corrected chi connectivity index (χ1v) is 8.86. The van der Waals surface area contributed by atoms with Crippen molar-refractivity contribution in [3.05, 3.63) is 58.3 Å². The number of nitrogens with zero attached hydrogens (tertiary/aromatic N) is 1. The Morgan fingerprint density at radius 1 is 1.23 bits per heavy atom. The SMILES string of the molecule is CC(=O)Nc1cc(C(=O)NCc2cccc(C(F)(F)I)c2C)cc(C)n1. The monoisotopic (exact) mass is 473 g/mol. The summed E-state index contributed by atoms with van der Waals surface area (Å²) in [5.41, 5.74) is 1.88. The molecule has 0 spiro atoms. The first-order chi connectivity index (χ1) is 12.1. The number of carbonyl (C=O) groups excluding carboxylic acids is 2. The minimum Gasteiger partial charge on any atom is -0.348 e. The van der Waals surface area contributed by atoms with Gasteiger partial charge in [0.15, 0.2) is 0 Å². The van der Waals surface area contributed by atoms with Gasteiger partial charge in [-0.25, -0.2) is 4.98 Å². The standard InChI is InChI=1S/C18H18F2IN3O2/c1-10-7-14(8-16(23-10)24-12(3)25)17(26)22-9-13-5-4-6-15(11(13)2)18(19,20)21/h4-8H,9H2,1-3H3,(H,22,26)(H,23,24,25). The highest BCUT2D eigenvalue weighted by Crippen LogP contribution is 2.37. The van der Waals surface area contributed by atoms with Crippen LogP contribution in [0.25, 0.3) is 0 Å². The second-order valence-electron chi connectivity index (χ2n) is 5.83. The number of amides is 2. The van der Waals surface area contributed by atoms with E-state index < -0.39 is 3.93 Å². The van der Waals surface area contributed by atoms with Crippen molar-refractivity contribution in [3.63, 3.8) is 0 Å². The molecule has 0 bridgehead atoms. The van der Waals surface area contributed by atoms with Crippen molar-refractivity contribution in [3.8, 4) is 0 Å². The number of pyridine rings is 1. The number of aryl methyl sites for hydroxylation is 1. The first kappa shape index (κ1) is 20.2. The van der Waals surface area contributed by atoms with E-state index in [1.807, 2.05) is 0 Å². The van der Waals surface area contributed by atoms with Gasteiger partial charge >= 0.3 is 3.93 Å². The summed E-state index contributed by atoms with van der Waals surface area (Å²) in [6.45, 7) is 4.78. The zero-order valence-electron chi connectivity index (χ0n) is 14.5. The smallest absolute Gasteiger partial charge is 0.321 e. The van der Waals surface area contributed by atoms with Crippen molar-refractivity contribution in [2.75, 3.05) is 5.32 Å². The second kappa shape index (κ2) is 8.07. The van der Waals surface area contributed by atoms with Crippen LogP contribution < -0.4 is 10.6 Å². The van der Waals surface area contributed by atoms with Gasteiger partial charge in [-0.1, -0.05) is 18.2 Å². The predicted octanol–water partition coefficient (Wildman–Crippen LogP) is 4.07. The summed E-state index contributed by atoms with van der Waals surface area (Å²) in [4.78, 5) is 27.7. The average molecular weight is 473 g/mol. The lowest BCUT2D eigenvalue weighted by molar-refractivity contribution is -0.114. The van der Waals surface area contributed by atoms with Gasteiger partial charge in [0.2, 0.25) is 5.91 Å². The number of hydrogen-bond donors (Lipinski definition) is 2. The Bertz CT molecular complexity index is 851. The summed E-state index contributed by atoms with van der Waals surface area (Å²) < 4.78 is 24.2. The molecule has 0 aliphatic carbocycles. The van der Waals surface area contributed by atoms with Crippen molar-refractivity contribution in [1.82, 2.24) is 10.3 Å². The van der Waals surface area contributed by atoms with Crippen molar-refractivity contribution in [2.24, 2.45) is 0 Å². The molecule has 0 fully saturated rings. The number of hydrogen-bond acceptors (Lipinski definition) is 3. The number of carbonyl (C=O) groups is 2. The highest BCUT2D eigenvalue weighted by atomic mass is 127. The summed E-state index contributed by atoms with van der Waals surface area (Å²) in [5, 5.41) is 5.25. The molecule has 26 heavy (non-hydrogen) atoms. The van der Waals surface area contributed by atoms with E-state index in [4.69, 9.17) is 0 Å². The van der Waals surface area contributed by atoms with Gasteiger partial charge in [-0.2, -0.15) is 8.78 Å². The van der Waals surface area contributed by atoms with Crippen LogP contribution in [0.3, 0.4) is 0 Å². The normalized spacial score (nSPS) is 11.2. The zero-order chi connectivity index (χ0) is 19.5. The van der Waals surface area contributed by atoms with Gasteiger partial charge in [0.05, 0.1) is 0 Å². The molecule has 8 heteroatoms. The third kappa shape index (κ3) is 5.20. The van der Waals surface area contributed by atoms with E-state index in [0.717, 1.165) is 22.6 Å². The second-order valence-corrected chi connectivity index (χ2v) is 7.19. The summed E-state index contributed by atoms with van der Waals surface area (Å²) in [6, 6.07) is 7.66. The molecule has 2 amide bonds. The fourth-order valence-corrected chi connectivity index (χ4v) is 3.09. The zero-order valence-corrected chi connectivity index (χ0v) is 16.6. The van der Waals surface area contributed by atoms with Gasteiger partial charge in [0.1, 0.15) is 5.82 Å². The summed E-state index contributed by atoms with van der Waals surface area (Å²) >= 11 is 1.09. The lowest BCUT2D eigenvalue weighted by Gasteiger charge is -2.16. The van der Waals surface area contributed by atoms with Crippen LogP contribution in [0.4, 0.5) is 14.6 Å². The molecule has 2 aromatic rings. The van der Waals surface area contributed by atoms with E-state index in [9.17, 15) is 18.4 Å². The van der Waals surface area contributed by atoms with E-state index in [1.165, 1.54) is 19.1 Å². The summed E-state index contributed by atoms with van der Waals surface area (Å²) in [5.74, 6) is -0.389. The van der Waals surface area contributed by atoms with Crippen LogP contribution in [-0.4, -0.2) is 16.8 Å². The van der Waals surface area contributed by atoms with Gasteiger partial charge < -0.3 is 10.6 Å². The Hall–Kier alpha value is -2.10. The van der Waals surface area contributed by atoms with Crippen molar-refractivity contribution in [1.29, 1.82) is 0 Å². The lowest BCUT2D eigenvalue weighted by atomic mass is 10.0. The van der Waals surface area contributed by atoms with Gasteiger partial charge in [0, 0.05) is 52.9 Å². The maximum Gasteiger partial charge on any atom is 0.321 e. The van der Waals surface area contributed by atoms with E-state index in [2.05, 4.69) is 15.6 Å². The molecular formula is C18H18F2IN3O2. The van der Waals surface area contributed by atoms with Gasteiger partial charge in [-0.05, 0) is 37.1 Å². The molecule has 0 unspecified atom stereocenters. The van der Waals surface area contributed by atoms with Gasteiger partial charge in [-0.15, -0.1) is 0 Å². The Labute approximate surface area is 163 Å². The van der Waals surface area contributed by atoms with Crippen LogP contribution in [0.5, 0.6) is 0 Å². The number of anilines is 1. The topological polar surface area (TPSA) is 71.1 Å². The molecule has 1 heterocycles. The Morgan fingerprint density at radius 2 is 1.92 bits per heavy atom. The van der Waals surface area contributed by atoms with Crippen LogP contribution in [0.1, 0.15) is 39.7 Å². The van der Waals surface area contributed by atoms with Crippen molar-refractivity contribution >= 4 is 40.2 Å². The first-order valence-electron chi connectivity index (χ1n) is 7.78. The summed E-state index contributed by atoms with van der Waals surface area (Å²) in [6.07, 6.45) is 0. The quantitative estimate of drug-likeness (QED) is 0.508. The predicted molar refractivity (Wildman–Crippen MR) is 104 cm³/mol. The molecule has 1 aromatic heterocycles. The van der Waals surface area contributed by atoms with Gasteiger partial charge in [-0.3, -0.25) is 9.59 Å². The molecule has 5 nitrogen and oxygen atoms in total. The number of aromatic nitrogens is 1. The van der Waals surface area contributed by atoms with E-state index in [-0.39, 0.29) is 29.7 Å². The van der Waals surface area contributed by atoms with Crippen LogP contribution in [-0.2, 0) is 15.3 Å². The Morgan fingerprint density at radius 3 is 2.54 bits per heavy atom. The molecule has 0 radical (unpaired) electrons. The molecule has 0 aliphatic rings. The molecule has 1 aromatic carbocycles. The van der Waals surface area contributed by atoms with E-state index >= 15 is 0 Å². The number of benzene rings is 1. The van der Waals surface area contributed by atoms with Crippen LogP contribution >= 0.6 is 22.6 Å². The third-order valence-corrected chi connectivity index (χ3v) is 4.29. The average Bonchev–Trinajstić information content (AvgIpc) is 2.51. The fourth-order valence-electron chi connectivity index (χ4n) is 2.50. The molecule has 2 rings (SSSR count). The molecule has 2 N–H and O–H groups in total. The maximum atomic E-state index is 13.6. The third-order valence-electron chi connectivity index (χ3n) is 3.71. The molecule has 138 valence electrons. The molecule has 0 saturated carbocycles. The minimum atomic E-state index is -2.97. The molecule has 0 atom stereocenters. The fraction of sp³-hybridized carbons (Fsp3) is 0.278. The van der Waals surface area contributed by atoms with Crippen LogP contribution in [0.2, 0.25) is 0 Å². The molecule has 0 saturated heterocycles. The van der Waals surface area contributed by atoms with Gasteiger partial charge in [0.25, 0.3) is 5.91 Å². The number of nitrogens with one attached hydrogen (secondary N) is 2. The minimum absolute atomic E-state index is 0.0717. The number of halogens is 3. The van der Waals surface area contributed by atoms with Crippen LogP contribution in [0.15, 0.2) is 30.3 Å². The Kier molecular flexibility index (Phi) is 6.27. The van der Waals surface area contributed by atoms with Crippen LogP contribution in [0, 0.1) is 13.8 Å². The van der Waals surface area contributed by atoms with E-state index in [0.29, 0.717) is 22.4 Å². The molecular weight excluding hydrogens is 455 g/mol. The molecule has 0 aliphatic heterocycles. The number of alkyl halides is 3. The lowest BCUT2D eigenvalue weighted by Crippen LogP contribution is -2.24. The van der Waals surface area contributed by atoms with Crippen molar-refractivity contribution in [2.45, 2.75) is 31.2 Å². The number of rotatable bonds is 5. The van der Waals surface area contributed by atoms with E-state index in [1.54, 1.807) is 32.0 Å². The largest absolute Gasteiger partial charge is 0.348 e. The summed E-state index contributed by atoms with van der Waals surface area (Å²) in [7, 11) is 0. The maximum absolute atomic E-state index is 13.6. The highest BCUT2D eigenvalue weighted by molar-refractivity contribution is 14.1. The Balaban J connectivity index is 2.17.